The largest absolute Gasteiger partial charge is 0.357 e. The third-order valence-corrected chi connectivity index (χ3v) is 8.29. The molecule has 1 heterocycles. The highest BCUT2D eigenvalue weighted by molar-refractivity contribution is 14.0. The number of nitrogens with zero attached hydrogens (tertiary/aromatic N) is 2. The highest BCUT2D eigenvalue weighted by Gasteiger charge is 2.32. The SMILES string of the molecule is CCNC(=NCCS(=O)(=O)C(C)(C)C)NC1CCN(C(=O)C2CCCCC2)C1.I. The Morgan fingerprint density at radius 1 is 1.14 bits per heavy atom. The molecule has 1 amide bonds. The smallest absolute Gasteiger partial charge is 0.225 e. The van der Waals surface area contributed by atoms with Crippen LogP contribution in [0, 0.1) is 5.92 Å². The van der Waals surface area contributed by atoms with E-state index in [4.69, 9.17) is 0 Å². The standard InChI is InChI=1S/C20H38N4O3S.HI/c1-5-21-19(22-12-14-28(26,27)20(2,3)4)23-17-11-13-24(15-17)18(25)16-9-7-6-8-10-16;/h16-17H,5-15H2,1-4H3,(H2,21,22,23);1H. The van der Waals surface area contributed by atoms with Gasteiger partial charge < -0.3 is 15.5 Å². The number of halogens is 1. The molecule has 1 saturated heterocycles. The third-order valence-electron chi connectivity index (χ3n) is 5.70. The zero-order valence-electron chi connectivity index (χ0n) is 18.4. The molecule has 0 spiro atoms. The van der Waals surface area contributed by atoms with Crippen molar-refractivity contribution in [2.24, 2.45) is 10.9 Å². The van der Waals surface area contributed by atoms with E-state index in [1.807, 2.05) is 11.8 Å². The minimum atomic E-state index is -3.18. The zero-order chi connectivity index (χ0) is 20.8. The summed E-state index contributed by atoms with van der Waals surface area (Å²) in [6.07, 6.45) is 6.53. The van der Waals surface area contributed by atoms with Gasteiger partial charge in [0, 0.05) is 31.6 Å². The molecule has 2 aliphatic rings. The summed E-state index contributed by atoms with van der Waals surface area (Å²) in [5, 5.41) is 6.56. The Bertz CT molecular complexity index is 655. The van der Waals surface area contributed by atoms with Gasteiger partial charge in [-0.15, -0.1) is 24.0 Å². The number of sulfone groups is 1. The van der Waals surface area contributed by atoms with Gasteiger partial charge in [0.15, 0.2) is 15.8 Å². The molecule has 0 radical (unpaired) electrons. The molecule has 1 aliphatic heterocycles. The van der Waals surface area contributed by atoms with Crippen LogP contribution in [0.3, 0.4) is 0 Å². The molecule has 0 bridgehead atoms. The van der Waals surface area contributed by atoms with Crippen LogP contribution < -0.4 is 10.6 Å². The third kappa shape index (κ3) is 7.88. The maximum atomic E-state index is 12.7. The lowest BCUT2D eigenvalue weighted by molar-refractivity contribution is -0.135. The van der Waals surface area contributed by atoms with Crippen LogP contribution in [-0.2, 0) is 14.6 Å². The summed E-state index contributed by atoms with van der Waals surface area (Å²) in [7, 11) is -3.18. The normalized spacial score (nSPS) is 21.6. The second-order valence-electron chi connectivity index (χ2n) is 8.94. The van der Waals surface area contributed by atoms with Crippen LogP contribution in [0.1, 0.15) is 66.2 Å². The zero-order valence-corrected chi connectivity index (χ0v) is 21.5. The van der Waals surface area contributed by atoms with Crippen molar-refractivity contribution < 1.29 is 13.2 Å². The van der Waals surface area contributed by atoms with Crippen molar-refractivity contribution in [2.45, 2.75) is 77.0 Å². The van der Waals surface area contributed by atoms with Gasteiger partial charge in [0.25, 0.3) is 0 Å². The lowest BCUT2D eigenvalue weighted by atomic mass is 9.88. The van der Waals surface area contributed by atoms with Crippen LogP contribution in [0.5, 0.6) is 0 Å². The molecule has 0 aromatic carbocycles. The first kappa shape index (κ1) is 26.5. The molecule has 1 aliphatic carbocycles. The van der Waals surface area contributed by atoms with Crippen LogP contribution in [0.4, 0.5) is 0 Å². The Hall–Kier alpha value is -0.580. The summed E-state index contributed by atoms with van der Waals surface area (Å²) in [4.78, 5) is 19.2. The molecular formula is C20H39IN4O3S. The van der Waals surface area contributed by atoms with Crippen molar-refractivity contribution in [2.75, 3.05) is 31.9 Å². The predicted octanol–water partition coefficient (Wildman–Crippen LogP) is 2.55. The monoisotopic (exact) mass is 542 g/mol. The molecule has 1 atom stereocenters. The number of rotatable bonds is 6. The Labute approximate surface area is 193 Å². The first-order valence-corrected chi connectivity index (χ1v) is 12.3. The molecule has 0 aromatic heterocycles. The van der Waals surface area contributed by atoms with Gasteiger partial charge in [-0.05, 0) is 47.0 Å². The topological polar surface area (TPSA) is 90.9 Å². The van der Waals surface area contributed by atoms with Crippen molar-refractivity contribution in [1.29, 1.82) is 0 Å². The molecular weight excluding hydrogens is 503 g/mol. The summed E-state index contributed by atoms with van der Waals surface area (Å²) in [5.74, 6) is 1.17. The van der Waals surface area contributed by atoms with Gasteiger partial charge in [-0.25, -0.2) is 8.42 Å². The predicted molar refractivity (Wildman–Crippen MR) is 130 cm³/mol. The number of carbonyl (C=O) groups is 1. The molecule has 9 heteroatoms. The van der Waals surface area contributed by atoms with Crippen LogP contribution in [0.15, 0.2) is 4.99 Å². The Kier molecular flexibility index (Phi) is 10.7. The lowest BCUT2D eigenvalue weighted by Gasteiger charge is -2.26. The number of likely N-dealkylation sites (tertiary alicyclic amines) is 1. The second kappa shape index (κ2) is 11.7. The van der Waals surface area contributed by atoms with E-state index < -0.39 is 14.6 Å². The summed E-state index contributed by atoms with van der Waals surface area (Å²) >= 11 is 0. The first-order valence-electron chi connectivity index (χ1n) is 10.7. The maximum Gasteiger partial charge on any atom is 0.225 e. The fourth-order valence-corrected chi connectivity index (χ4v) is 4.73. The Balaban J connectivity index is 0.00000420. The number of hydrogen-bond donors (Lipinski definition) is 2. The van der Waals surface area contributed by atoms with Crippen LogP contribution in [0.2, 0.25) is 0 Å². The van der Waals surface area contributed by atoms with E-state index in [1.165, 1.54) is 19.3 Å². The summed E-state index contributed by atoms with van der Waals surface area (Å²) in [6, 6.07) is 0.157. The van der Waals surface area contributed by atoms with Gasteiger partial charge in [-0.1, -0.05) is 19.3 Å². The van der Waals surface area contributed by atoms with Gasteiger partial charge in [0.05, 0.1) is 17.0 Å². The summed E-state index contributed by atoms with van der Waals surface area (Å²) < 4.78 is 23.7. The molecule has 2 rings (SSSR count). The fraction of sp³-hybridized carbons (Fsp3) is 0.900. The van der Waals surface area contributed by atoms with E-state index in [2.05, 4.69) is 15.6 Å². The number of guanidine groups is 1. The van der Waals surface area contributed by atoms with Gasteiger partial charge in [0.2, 0.25) is 5.91 Å². The van der Waals surface area contributed by atoms with E-state index >= 15 is 0 Å². The quantitative estimate of drug-likeness (QED) is 0.306. The van der Waals surface area contributed by atoms with Gasteiger partial charge in [0.1, 0.15) is 0 Å². The van der Waals surface area contributed by atoms with Crippen molar-refractivity contribution in [3.05, 3.63) is 0 Å². The van der Waals surface area contributed by atoms with Gasteiger partial charge in [-0.2, -0.15) is 0 Å². The van der Waals surface area contributed by atoms with Crippen molar-refractivity contribution >= 4 is 45.7 Å². The molecule has 2 fully saturated rings. The van der Waals surface area contributed by atoms with Crippen LogP contribution in [-0.4, -0.2) is 67.9 Å². The highest BCUT2D eigenvalue weighted by Crippen LogP contribution is 2.26. The molecule has 0 aromatic rings. The summed E-state index contributed by atoms with van der Waals surface area (Å²) in [6.45, 7) is 9.53. The minimum Gasteiger partial charge on any atom is -0.357 e. The Morgan fingerprint density at radius 3 is 2.38 bits per heavy atom. The van der Waals surface area contributed by atoms with E-state index in [9.17, 15) is 13.2 Å². The van der Waals surface area contributed by atoms with Crippen molar-refractivity contribution in [3.8, 4) is 0 Å². The molecule has 170 valence electrons. The maximum absolute atomic E-state index is 12.7. The first-order chi connectivity index (χ1) is 13.1. The highest BCUT2D eigenvalue weighted by atomic mass is 127. The Morgan fingerprint density at radius 2 is 1.79 bits per heavy atom. The molecule has 1 saturated carbocycles. The van der Waals surface area contributed by atoms with Gasteiger partial charge in [-0.3, -0.25) is 9.79 Å². The molecule has 1 unspecified atom stereocenters. The minimum absolute atomic E-state index is 0. The number of amides is 1. The fourth-order valence-electron chi connectivity index (χ4n) is 3.78. The van der Waals surface area contributed by atoms with E-state index in [1.54, 1.807) is 20.8 Å². The van der Waals surface area contributed by atoms with E-state index in [0.717, 1.165) is 25.8 Å². The van der Waals surface area contributed by atoms with Crippen molar-refractivity contribution in [1.82, 2.24) is 15.5 Å². The summed E-state index contributed by atoms with van der Waals surface area (Å²) in [5.41, 5.74) is 0. The van der Waals surface area contributed by atoms with Crippen LogP contribution in [0.25, 0.3) is 0 Å². The van der Waals surface area contributed by atoms with Gasteiger partial charge >= 0.3 is 0 Å². The van der Waals surface area contributed by atoms with E-state index in [-0.39, 0.29) is 48.2 Å². The average Bonchev–Trinajstić information content (AvgIpc) is 3.09. The average molecular weight is 543 g/mol. The van der Waals surface area contributed by atoms with Crippen LogP contribution >= 0.6 is 24.0 Å². The number of carbonyl (C=O) groups excluding carboxylic acids is 1. The lowest BCUT2D eigenvalue weighted by Crippen LogP contribution is -2.46. The molecule has 7 nitrogen and oxygen atoms in total. The number of hydrogen-bond acceptors (Lipinski definition) is 4. The number of nitrogens with one attached hydrogen (secondary N) is 2. The number of aliphatic imine (C=N–C) groups is 1. The molecule has 2 N–H and O–H groups in total. The van der Waals surface area contributed by atoms with Crippen molar-refractivity contribution in [3.63, 3.8) is 0 Å². The van der Waals surface area contributed by atoms with E-state index in [0.29, 0.717) is 25.0 Å². The second-order valence-corrected chi connectivity index (χ2v) is 11.8. The molecule has 29 heavy (non-hydrogen) atoms.